The van der Waals surface area contributed by atoms with Gasteiger partial charge in [-0.3, -0.25) is 4.79 Å². The molecule has 0 aliphatic heterocycles. The van der Waals surface area contributed by atoms with Crippen molar-refractivity contribution < 1.29 is 23.6 Å². The van der Waals surface area contributed by atoms with Crippen molar-refractivity contribution in [3.63, 3.8) is 0 Å². The summed E-state index contributed by atoms with van der Waals surface area (Å²) >= 11 is 0. The van der Waals surface area contributed by atoms with E-state index < -0.39 is 11.6 Å². The van der Waals surface area contributed by atoms with Gasteiger partial charge in [0, 0.05) is 5.56 Å². The summed E-state index contributed by atoms with van der Waals surface area (Å²) in [6.45, 7) is 2.00. The van der Waals surface area contributed by atoms with Crippen LogP contribution in [0.1, 0.15) is 35.7 Å². The zero-order valence-corrected chi connectivity index (χ0v) is 16.9. The lowest BCUT2D eigenvalue weighted by molar-refractivity contribution is -0.682. The second-order valence-corrected chi connectivity index (χ2v) is 7.09. The molecule has 0 aromatic heterocycles. The van der Waals surface area contributed by atoms with Crippen molar-refractivity contribution in [2.45, 2.75) is 19.0 Å². The van der Waals surface area contributed by atoms with E-state index >= 15 is 0 Å². The fourth-order valence-corrected chi connectivity index (χ4v) is 3.24. The monoisotopic (exact) mass is 411 g/mol. The fourth-order valence-electron chi connectivity index (χ4n) is 3.24. The Labute approximate surface area is 174 Å². The lowest BCUT2D eigenvalue weighted by Gasteiger charge is -2.20. The van der Waals surface area contributed by atoms with Crippen molar-refractivity contribution in [2.75, 3.05) is 13.7 Å². The van der Waals surface area contributed by atoms with E-state index in [0.717, 1.165) is 22.9 Å². The van der Waals surface area contributed by atoms with Crippen molar-refractivity contribution in [1.29, 1.82) is 0 Å². The van der Waals surface area contributed by atoms with Crippen LogP contribution in [0.4, 0.5) is 8.78 Å². The number of carbonyl (C=O) groups excluding carboxylic acids is 1. The molecular formula is C24H25F2N2O2+. The summed E-state index contributed by atoms with van der Waals surface area (Å²) in [5.74, 6) is -1.19. The van der Waals surface area contributed by atoms with Crippen molar-refractivity contribution in [2.24, 2.45) is 0 Å². The molecule has 156 valence electrons. The second kappa shape index (κ2) is 9.98. The van der Waals surface area contributed by atoms with Crippen LogP contribution in [-0.2, 0) is 4.79 Å². The highest BCUT2D eigenvalue weighted by atomic mass is 19.2. The van der Waals surface area contributed by atoms with Gasteiger partial charge in [0.25, 0.3) is 5.91 Å². The Kier molecular flexibility index (Phi) is 7.14. The molecule has 3 N–H and O–H groups in total. The number of methoxy groups -OCH3 is 1. The molecule has 3 aromatic rings. The van der Waals surface area contributed by atoms with E-state index in [1.807, 2.05) is 61.5 Å². The molecule has 0 saturated carbocycles. The number of halogens is 2. The van der Waals surface area contributed by atoms with Gasteiger partial charge < -0.3 is 15.4 Å². The van der Waals surface area contributed by atoms with Crippen LogP contribution in [0.5, 0.6) is 5.75 Å². The van der Waals surface area contributed by atoms with Gasteiger partial charge in [-0.2, -0.15) is 0 Å². The molecule has 0 heterocycles. The smallest absolute Gasteiger partial charge is 0.275 e. The molecule has 3 aromatic carbocycles. The lowest BCUT2D eigenvalue weighted by Crippen LogP contribution is -2.87. The summed E-state index contributed by atoms with van der Waals surface area (Å²) in [6.07, 6.45) is 0. The Morgan fingerprint density at radius 2 is 1.57 bits per heavy atom. The summed E-state index contributed by atoms with van der Waals surface area (Å²) in [7, 11) is 1.61. The number of amides is 1. The number of hydrogen-bond donors (Lipinski definition) is 2. The summed E-state index contributed by atoms with van der Waals surface area (Å²) in [4.78, 5) is 12.7. The summed E-state index contributed by atoms with van der Waals surface area (Å²) in [5, 5.41) is 4.86. The van der Waals surface area contributed by atoms with Crippen molar-refractivity contribution in [3.05, 3.63) is 101 Å². The Balaban J connectivity index is 1.69. The van der Waals surface area contributed by atoms with Crippen molar-refractivity contribution >= 4 is 5.91 Å². The highest BCUT2D eigenvalue weighted by molar-refractivity contribution is 5.77. The Bertz CT molecular complexity index is 978. The summed E-state index contributed by atoms with van der Waals surface area (Å²) < 4.78 is 31.8. The van der Waals surface area contributed by atoms with Crippen LogP contribution in [0.25, 0.3) is 0 Å². The van der Waals surface area contributed by atoms with E-state index in [0.29, 0.717) is 5.56 Å². The SMILES string of the molecule is COc1ccc([C@@H](NC(=O)C[NH2+][C@@H](C)c2ccc(F)c(F)c2)c2ccccc2)cc1. The third-order valence-electron chi connectivity index (χ3n) is 5.01. The minimum Gasteiger partial charge on any atom is -0.497 e. The first-order chi connectivity index (χ1) is 14.5. The van der Waals surface area contributed by atoms with E-state index in [4.69, 9.17) is 4.74 Å². The van der Waals surface area contributed by atoms with E-state index in [1.165, 1.54) is 12.1 Å². The molecule has 2 atom stereocenters. The number of nitrogens with two attached hydrogens (primary N) is 1. The molecular weight excluding hydrogens is 386 g/mol. The quantitative estimate of drug-likeness (QED) is 0.596. The average Bonchev–Trinajstić information content (AvgIpc) is 2.78. The van der Waals surface area contributed by atoms with Gasteiger partial charge in [0.05, 0.1) is 13.2 Å². The Hall–Kier alpha value is -3.25. The van der Waals surface area contributed by atoms with Crippen LogP contribution in [0, 0.1) is 11.6 Å². The molecule has 0 radical (unpaired) electrons. The lowest BCUT2D eigenvalue weighted by atomic mass is 9.98. The van der Waals surface area contributed by atoms with Crippen LogP contribution >= 0.6 is 0 Å². The Morgan fingerprint density at radius 3 is 2.20 bits per heavy atom. The zero-order chi connectivity index (χ0) is 21.5. The number of quaternary nitrogens is 1. The molecule has 30 heavy (non-hydrogen) atoms. The predicted octanol–water partition coefficient (Wildman–Crippen LogP) is 3.50. The highest BCUT2D eigenvalue weighted by Gasteiger charge is 2.19. The third kappa shape index (κ3) is 5.42. The number of benzene rings is 3. The van der Waals surface area contributed by atoms with Gasteiger partial charge in [-0.05, 0) is 48.4 Å². The average molecular weight is 411 g/mol. The van der Waals surface area contributed by atoms with Gasteiger partial charge >= 0.3 is 0 Å². The molecule has 6 heteroatoms. The normalized spacial score (nSPS) is 12.8. The predicted molar refractivity (Wildman–Crippen MR) is 111 cm³/mol. The first-order valence-electron chi connectivity index (χ1n) is 9.74. The van der Waals surface area contributed by atoms with Crippen molar-refractivity contribution in [1.82, 2.24) is 5.32 Å². The molecule has 0 unspecified atom stereocenters. The molecule has 0 saturated heterocycles. The molecule has 0 fully saturated rings. The molecule has 0 aliphatic carbocycles. The van der Waals surface area contributed by atoms with Crippen LogP contribution in [-0.4, -0.2) is 19.6 Å². The number of nitrogens with one attached hydrogen (secondary N) is 1. The first-order valence-corrected chi connectivity index (χ1v) is 9.74. The van der Waals surface area contributed by atoms with Gasteiger partial charge in [-0.15, -0.1) is 0 Å². The zero-order valence-electron chi connectivity index (χ0n) is 16.9. The third-order valence-corrected chi connectivity index (χ3v) is 5.01. The van der Waals surface area contributed by atoms with E-state index in [-0.39, 0.29) is 24.5 Å². The standard InChI is InChI=1S/C24H24F2N2O2/c1-16(19-10-13-21(25)22(26)14-19)27-15-23(29)28-24(17-6-4-3-5-7-17)18-8-11-20(30-2)12-9-18/h3-14,16,24,27H,15H2,1-2H3,(H,28,29)/p+1/t16-,24-/m0/s1. The van der Waals surface area contributed by atoms with Gasteiger partial charge in [0.15, 0.2) is 18.2 Å². The van der Waals surface area contributed by atoms with E-state index in [9.17, 15) is 13.6 Å². The largest absolute Gasteiger partial charge is 0.497 e. The number of carbonyl (C=O) groups is 1. The first kappa shape index (κ1) is 21.5. The van der Waals surface area contributed by atoms with Crippen LogP contribution in [0.3, 0.4) is 0 Å². The minimum atomic E-state index is -0.888. The number of rotatable bonds is 8. The van der Waals surface area contributed by atoms with E-state index in [1.54, 1.807) is 12.4 Å². The summed E-state index contributed by atoms with van der Waals surface area (Å²) in [6, 6.07) is 20.5. The maximum Gasteiger partial charge on any atom is 0.275 e. The molecule has 0 spiro atoms. The molecule has 4 nitrogen and oxygen atoms in total. The maximum absolute atomic E-state index is 13.5. The fraction of sp³-hybridized carbons (Fsp3) is 0.208. The van der Waals surface area contributed by atoms with Gasteiger partial charge in [0.1, 0.15) is 11.8 Å². The van der Waals surface area contributed by atoms with Gasteiger partial charge in [-0.1, -0.05) is 42.5 Å². The molecule has 0 aliphatic rings. The van der Waals surface area contributed by atoms with Crippen LogP contribution < -0.4 is 15.4 Å². The Morgan fingerprint density at radius 1 is 0.933 bits per heavy atom. The molecule has 1 amide bonds. The van der Waals surface area contributed by atoms with Crippen molar-refractivity contribution in [3.8, 4) is 5.75 Å². The van der Waals surface area contributed by atoms with Crippen LogP contribution in [0.2, 0.25) is 0 Å². The molecule has 3 rings (SSSR count). The second-order valence-electron chi connectivity index (χ2n) is 7.09. The topological polar surface area (TPSA) is 54.9 Å². The van der Waals surface area contributed by atoms with Gasteiger partial charge in [-0.25, -0.2) is 8.78 Å². The minimum absolute atomic E-state index is 0.152. The number of hydrogen-bond acceptors (Lipinski definition) is 2. The summed E-state index contributed by atoms with van der Waals surface area (Å²) in [5.41, 5.74) is 2.52. The van der Waals surface area contributed by atoms with Crippen LogP contribution in [0.15, 0.2) is 72.8 Å². The van der Waals surface area contributed by atoms with Gasteiger partial charge in [0.2, 0.25) is 0 Å². The molecule has 0 bridgehead atoms. The van der Waals surface area contributed by atoms with E-state index in [2.05, 4.69) is 5.32 Å². The maximum atomic E-state index is 13.5. The highest BCUT2D eigenvalue weighted by Crippen LogP contribution is 2.24. The number of ether oxygens (including phenoxy) is 1.